The highest BCUT2D eigenvalue weighted by Gasteiger charge is 2.26. The summed E-state index contributed by atoms with van der Waals surface area (Å²) in [5.41, 5.74) is 0. The lowest BCUT2D eigenvalue weighted by Crippen LogP contribution is -2.35. The number of fused-ring (bicyclic) bond motifs is 1. The van der Waals surface area contributed by atoms with E-state index in [-0.39, 0.29) is 0 Å². The van der Waals surface area contributed by atoms with Crippen molar-refractivity contribution < 1.29 is 4.21 Å². The Labute approximate surface area is 123 Å². The number of hydrogen-bond donors (Lipinski definition) is 1. The Balaban J connectivity index is 1.84. The molecule has 3 unspecified atom stereocenters. The molecule has 20 heavy (non-hydrogen) atoms. The number of nitrogens with one attached hydrogen (secondary N) is 1. The van der Waals surface area contributed by atoms with Crippen LogP contribution in [0.4, 0.5) is 0 Å². The molecule has 3 heteroatoms. The van der Waals surface area contributed by atoms with Gasteiger partial charge >= 0.3 is 0 Å². The standard InChI is InChI=1S/C17H21NOS/c1-18-15-7-4-8-16(12-15)20(19)17-10-9-13-5-2-3-6-14(13)11-17/h2-3,5-6,9-11,15-16,18H,4,7-8,12H2,1H3. The van der Waals surface area contributed by atoms with E-state index in [1.807, 2.05) is 25.2 Å². The molecule has 0 spiro atoms. The molecule has 3 rings (SSSR count). The van der Waals surface area contributed by atoms with Gasteiger partial charge in [-0.3, -0.25) is 4.21 Å². The van der Waals surface area contributed by atoms with Crippen molar-refractivity contribution in [2.24, 2.45) is 0 Å². The molecule has 1 aliphatic carbocycles. The molecule has 0 amide bonds. The van der Waals surface area contributed by atoms with Crippen LogP contribution in [0.5, 0.6) is 0 Å². The summed E-state index contributed by atoms with van der Waals surface area (Å²) in [7, 11) is 1.12. The lowest BCUT2D eigenvalue weighted by molar-refractivity contribution is 0.398. The second-order valence-electron chi connectivity index (χ2n) is 5.58. The van der Waals surface area contributed by atoms with E-state index in [2.05, 4.69) is 29.6 Å². The summed E-state index contributed by atoms with van der Waals surface area (Å²) >= 11 is 0. The Bertz CT molecular complexity index is 625. The highest BCUT2D eigenvalue weighted by Crippen LogP contribution is 2.27. The zero-order chi connectivity index (χ0) is 13.9. The molecule has 0 aliphatic heterocycles. The first-order valence-corrected chi connectivity index (χ1v) is 8.56. The van der Waals surface area contributed by atoms with Gasteiger partial charge in [0.2, 0.25) is 0 Å². The summed E-state index contributed by atoms with van der Waals surface area (Å²) < 4.78 is 12.8. The minimum Gasteiger partial charge on any atom is -0.317 e. The molecule has 2 nitrogen and oxygen atoms in total. The molecule has 0 aromatic heterocycles. The molecule has 0 saturated heterocycles. The Hall–Kier alpha value is -1.19. The van der Waals surface area contributed by atoms with Crippen LogP contribution in [-0.2, 0) is 10.8 Å². The highest BCUT2D eigenvalue weighted by atomic mass is 32.2. The van der Waals surface area contributed by atoms with Crippen LogP contribution in [0.1, 0.15) is 25.7 Å². The molecule has 106 valence electrons. The van der Waals surface area contributed by atoms with Crippen molar-refractivity contribution in [1.82, 2.24) is 5.32 Å². The fourth-order valence-electron chi connectivity index (χ4n) is 3.09. The average Bonchev–Trinajstić information content (AvgIpc) is 2.53. The Morgan fingerprint density at radius 2 is 1.90 bits per heavy atom. The van der Waals surface area contributed by atoms with E-state index in [9.17, 15) is 4.21 Å². The lowest BCUT2D eigenvalue weighted by atomic mass is 9.95. The molecular weight excluding hydrogens is 266 g/mol. The maximum atomic E-state index is 12.8. The van der Waals surface area contributed by atoms with Crippen molar-refractivity contribution in [2.75, 3.05) is 7.05 Å². The topological polar surface area (TPSA) is 29.1 Å². The van der Waals surface area contributed by atoms with Crippen molar-refractivity contribution >= 4 is 21.6 Å². The van der Waals surface area contributed by atoms with Gasteiger partial charge in [0.1, 0.15) is 0 Å². The largest absolute Gasteiger partial charge is 0.317 e. The lowest BCUT2D eigenvalue weighted by Gasteiger charge is -2.28. The third-order valence-electron chi connectivity index (χ3n) is 4.29. The van der Waals surface area contributed by atoms with Crippen LogP contribution in [0.3, 0.4) is 0 Å². The van der Waals surface area contributed by atoms with E-state index in [1.165, 1.54) is 23.6 Å². The van der Waals surface area contributed by atoms with Crippen LogP contribution in [0.2, 0.25) is 0 Å². The first-order valence-electron chi connectivity index (χ1n) is 7.34. The average molecular weight is 287 g/mol. The molecule has 1 N–H and O–H groups in total. The maximum Gasteiger partial charge on any atom is 0.0561 e. The van der Waals surface area contributed by atoms with Crippen molar-refractivity contribution in [2.45, 2.75) is 41.9 Å². The Morgan fingerprint density at radius 1 is 1.10 bits per heavy atom. The molecule has 0 radical (unpaired) electrons. The van der Waals surface area contributed by atoms with Crippen molar-refractivity contribution in [3.8, 4) is 0 Å². The van der Waals surface area contributed by atoms with Gasteiger partial charge in [-0.25, -0.2) is 0 Å². The van der Waals surface area contributed by atoms with E-state index in [1.54, 1.807) is 0 Å². The summed E-state index contributed by atoms with van der Waals surface area (Å²) in [5, 5.41) is 6.02. The zero-order valence-electron chi connectivity index (χ0n) is 11.8. The van der Waals surface area contributed by atoms with Crippen LogP contribution in [-0.4, -0.2) is 22.5 Å². The molecule has 2 aromatic carbocycles. The van der Waals surface area contributed by atoms with Crippen LogP contribution in [0, 0.1) is 0 Å². The van der Waals surface area contributed by atoms with Crippen LogP contribution >= 0.6 is 0 Å². The van der Waals surface area contributed by atoms with Gasteiger partial charge < -0.3 is 5.32 Å². The summed E-state index contributed by atoms with van der Waals surface area (Å²) in [4.78, 5) is 0.977. The fourth-order valence-corrected chi connectivity index (χ4v) is 4.70. The number of rotatable bonds is 3. The van der Waals surface area contributed by atoms with Gasteiger partial charge in [-0.2, -0.15) is 0 Å². The van der Waals surface area contributed by atoms with Gasteiger partial charge in [-0.05, 0) is 49.2 Å². The minimum absolute atomic E-state index is 0.294. The maximum absolute atomic E-state index is 12.8. The van der Waals surface area contributed by atoms with Crippen molar-refractivity contribution in [1.29, 1.82) is 0 Å². The second kappa shape index (κ2) is 6.06. The molecule has 0 bridgehead atoms. The SMILES string of the molecule is CNC1CCCC(S(=O)c2ccc3ccccc3c2)C1. The smallest absolute Gasteiger partial charge is 0.0561 e. The summed E-state index contributed by atoms with van der Waals surface area (Å²) in [6, 6.07) is 15.0. The van der Waals surface area contributed by atoms with Crippen LogP contribution in [0.15, 0.2) is 47.4 Å². The number of benzene rings is 2. The third kappa shape index (κ3) is 2.79. The van der Waals surface area contributed by atoms with E-state index in [4.69, 9.17) is 0 Å². The van der Waals surface area contributed by atoms with Gasteiger partial charge in [0, 0.05) is 16.2 Å². The first-order chi connectivity index (χ1) is 9.78. The molecule has 0 heterocycles. The summed E-state index contributed by atoms with van der Waals surface area (Å²) in [5.74, 6) is 0. The van der Waals surface area contributed by atoms with Gasteiger partial charge in [0.05, 0.1) is 10.8 Å². The summed E-state index contributed by atoms with van der Waals surface area (Å²) in [6.07, 6.45) is 4.49. The zero-order valence-corrected chi connectivity index (χ0v) is 12.7. The first kappa shape index (κ1) is 13.8. The minimum atomic E-state index is -0.888. The molecule has 3 atom stereocenters. The normalized spacial score (nSPS) is 24.6. The summed E-state index contributed by atoms with van der Waals surface area (Å²) in [6.45, 7) is 0. The van der Waals surface area contributed by atoms with E-state index >= 15 is 0 Å². The predicted octanol–water partition coefficient (Wildman–Crippen LogP) is 3.48. The molecular formula is C17H21NOS. The number of hydrogen-bond acceptors (Lipinski definition) is 2. The third-order valence-corrected chi connectivity index (χ3v) is 6.04. The van der Waals surface area contributed by atoms with Crippen LogP contribution < -0.4 is 5.32 Å². The van der Waals surface area contributed by atoms with Crippen LogP contribution in [0.25, 0.3) is 10.8 Å². The Morgan fingerprint density at radius 3 is 2.70 bits per heavy atom. The van der Waals surface area contributed by atoms with Crippen molar-refractivity contribution in [3.63, 3.8) is 0 Å². The van der Waals surface area contributed by atoms with Gasteiger partial charge in [0.15, 0.2) is 0 Å². The van der Waals surface area contributed by atoms with Gasteiger partial charge in [-0.15, -0.1) is 0 Å². The predicted molar refractivity (Wildman–Crippen MR) is 85.5 cm³/mol. The monoisotopic (exact) mass is 287 g/mol. The Kier molecular flexibility index (Phi) is 4.18. The highest BCUT2D eigenvalue weighted by molar-refractivity contribution is 7.85. The second-order valence-corrected chi connectivity index (χ2v) is 7.31. The van der Waals surface area contributed by atoms with Gasteiger partial charge in [-0.1, -0.05) is 36.8 Å². The molecule has 2 aromatic rings. The molecule has 1 aliphatic rings. The van der Waals surface area contributed by atoms with Gasteiger partial charge in [0.25, 0.3) is 0 Å². The molecule has 1 saturated carbocycles. The van der Waals surface area contributed by atoms with E-state index in [0.29, 0.717) is 11.3 Å². The van der Waals surface area contributed by atoms with E-state index in [0.717, 1.165) is 17.7 Å². The van der Waals surface area contributed by atoms with E-state index < -0.39 is 10.8 Å². The van der Waals surface area contributed by atoms with Crippen molar-refractivity contribution in [3.05, 3.63) is 42.5 Å². The fraction of sp³-hybridized carbons (Fsp3) is 0.412. The quantitative estimate of drug-likeness (QED) is 0.936. The molecule has 1 fully saturated rings.